The summed E-state index contributed by atoms with van der Waals surface area (Å²) in [5.74, 6) is -1.71. The number of hydrogen-bond donors (Lipinski definition) is 2. The minimum absolute atomic E-state index is 0.00153. The normalized spacial score (nSPS) is 18.2. The van der Waals surface area contributed by atoms with Gasteiger partial charge in [0.25, 0.3) is 0 Å². The van der Waals surface area contributed by atoms with Crippen LogP contribution in [0.25, 0.3) is 11.1 Å². The lowest BCUT2D eigenvalue weighted by atomic mass is 9.84. The van der Waals surface area contributed by atoms with E-state index in [1.54, 1.807) is 18.2 Å². The maximum atomic E-state index is 11.7. The molecule has 0 aliphatic heterocycles. The summed E-state index contributed by atoms with van der Waals surface area (Å²) in [6.07, 6.45) is 0.964. The second-order valence-corrected chi connectivity index (χ2v) is 7.13. The second-order valence-electron chi connectivity index (χ2n) is 7.13. The zero-order valence-electron chi connectivity index (χ0n) is 14.0. The molecule has 1 unspecified atom stereocenters. The predicted octanol–water partition coefficient (Wildman–Crippen LogP) is 4.53. The molecule has 0 spiro atoms. The molecule has 0 saturated carbocycles. The molecule has 124 valence electrons. The lowest BCUT2D eigenvalue weighted by Gasteiger charge is -2.20. The van der Waals surface area contributed by atoms with Crippen LogP contribution >= 0.6 is 0 Å². The molecule has 4 heteroatoms. The Hall–Kier alpha value is -2.62. The zero-order chi connectivity index (χ0) is 17.6. The first-order valence-electron chi connectivity index (χ1n) is 7.97. The van der Waals surface area contributed by atoms with Crippen molar-refractivity contribution in [1.82, 2.24) is 0 Å². The third-order valence-corrected chi connectivity index (χ3v) is 4.93. The van der Waals surface area contributed by atoms with Crippen LogP contribution < -0.4 is 0 Å². The Morgan fingerprint density at radius 2 is 1.62 bits per heavy atom. The van der Waals surface area contributed by atoms with Crippen LogP contribution in [0.1, 0.15) is 65.0 Å². The summed E-state index contributed by atoms with van der Waals surface area (Å²) < 4.78 is 0. The summed E-state index contributed by atoms with van der Waals surface area (Å²) in [6, 6.07) is 10.0. The highest BCUT2D eigenvalue weighted by atomic mass is 16.4. The van der Waals surface area contributed by atoms with Crippen molar-refractivity contribution in [2.45, 2.75) is 38.5 Å². The van der Waals surface area contributed by atoms with Crippen molar-refractivity contribution in [3.63, 3.8) is 0 Å². The highest BCUT2D eigenvalue weighted by Gasteiger charge is 2.37. The first-order chi connectivity index (χ1) is 11.2. The van der Waals surface area contributed by atoms with Gasteiger partial charge in [0.2, 0.25) is 0 Å². The number of rotatable bonds is 3. The van der Waals surface area contributed by atoms with Crippen LogP contribution in [-0.4, -0.2) is 22.2 Å². The molecule has 1 atom stereocenters. The summed E-state index contributed by atoms with van der Waals surface area (Å²) >= 11 is 0. The highest BCUT2D eigenvalue weighted by Crippen LogP contribution is 2.50. The van der Waals surface area contributed by atoms with E-state index in [0.29, 0.717) is 0 Å². The third-order valence-electron chi connectivity index (χ3n) is 4.93. The molecular weight excluding hydrogens is 304 g/mol. The van der Waals surface area contributed by atoms with E-state index in [9.17, 15) is 14.7 Å². The van der Waals surface area contributed by atoms with E-state index in [2.05, 4.69) is 20.8 Å². The highest BCUT2D eigenvalue weighted by molar-refractivity contribution is 5.98. The van der Waals surface area contributed by atoms with Crippen molar-refractivity contribution in [3.8, 4) is 11.1 Å². The number of hydrogen-bond acceptors (Lipinski definition) is 2. The van der Waals surface area contributed by atoms with E-state index in [1.165, 1.54) is 17.7 Å². The average Bonchev–Trinajstić information content (AvgIpc) is 2.76. The number of carboxylic acid groups (broad SMARTS) is 2. The van der Waals surface area contributed by atoms with E-state index < -0.39 is 11.9 Å². The first kappa shape index (κ1) is 16.2. The van der Waals surface area contributed by atoms with Crippen molar-refractivity contribution in [3.05, 3.63) is 58.7 Å². The molecule has 1 aliphatic carbocycles. The Labute approximate surface area is 140 Å². The average molecular weight is 324 g/mol. The molecule has 0 fully saturated rings. The summed E-state index contributed by atoms with van der Waals surface area (Å²) in [7, 11) is 0. The monoisotopic (exact) mass is 324 g/mol. The second kappa shape index (κ2) is 5.48. The summed E-state index contributed by atoms with van der Waals surface area (Å²) in [5, 5.41) is 18.7. The van der Waals surface area contributed by atoms with Gasteiger partial charge in [-0.1, -0.05) is 39.0 Å². The molecule has 0 bridgehead atoms. The van der Waals surface area contributed by atoms with Crippen molar-refractivity contribution in [2.24, 2.45) is 0 Å². The molecule has 2 aromatic rings. The van der Waals surface area contributed by atoms with Crippen molar-refractivity contribution in [2.75, 3.05) is 0 Å². The first-order valence-corrected chi connectivity index (χ1v) is 7.97. The number of carboxylic acids is 2. The maximum Gasteiger partial charge on any atom is 0.336 e. The van der Waals surface area contributed by atoms with Gasteiger partial charge in [0, 0.05) is 0 Å². The van der Waals surface area contributed by atoms with Crippen molar-refractivity contribution < 1.29 is 19.8 Å². The van der Waals surface area contributed by atoms with Crippen LogP contribution in [0.2, 0.25) is 0 Å². The Morgan fingerprint density at radius 3 is 2.17 bits per heavy atom. The number of benzene rings is 2. The Morgan fingerprint density at radius 1 is 1.00 bits per heavy atom. The van der Waals surface area contributed by atoms with Gasteiger partial charge in [0.15, 0.2) is 0 Å². The van der Waals surface area contributed by atoms with Gasteiger partial charge >= 0.3 is 11.9 Å². The van der Waals surface area contributed by atoms with E-state index in [0.717, 1.165) is 23.1 Å². The summed E-state index contributed by atoms with van der Waals surface area (Å²) in [4.78, 5) is 22.8. The zero-order valence-corrected chi connectivity index (χ0v) is 14.0. The Balaban J connectivity index is 2.28. The maximum absolute atomic E-state index is 11.7. The molecule has 0 amide bonds. The minimum Gasteiger partial charge on any atom is -0.478 e. The van der Waals surface area contributed by atoms with Crippen LogP contribution in [0, 0.1) is 0 Å². The molecule has 0 radical (unpaired) electrons. The van der Waals surface area contributed by atoms with E-state index in [4.69, 9.17) is 5.11 Å². The Bertz CT molecular complexity index is 831. The standard InChI is InChI=1S/C20H20O4/c1-11-10-20(2,3)15-9-8-14(19(23)24)17(16(11)15)12-4-6-13(7-5-12)18(21)22/h4-9,11H,10H2,1-3H3,(H,21,22)(H,23,24). The van der Waals surface area contributed by atoms with Crippen LogP contribution in [0.5, 0.6) is 0 Å². The van der Waals surface area contributed by atoms with Gasteiger partial charge in [-0.05, 0) is 58.2 Å². The van der Waals surface area contributed by atoms with Gasteiger partial charge in [-0.2, -0.15) is 0 Å². The fraction of sp³-hybridized carbons (Fsp3) is 0.300. The minimum atomic E-state index is -0.993. The molecular formula is C20H20O4. The van der Waals surface area contributed by atoms with Gasteiger partial charge in [-0.25, -0.2) is 9.59 Å². The Kier molecular flexibility index (Phi) is 3.71. The molecule has 0 aromatic heterocycles. The van der Waals surface area contributed by atoms with Crippen LogP contribution in [0.4, 0.5) is 0 Å². The largest absolute Gasteiger partial charge is 0.478 e. The van der Waals surface area contributed by atoms with Crippen LogP contribution in [0.15, 0.2) is 36.4 Å². The van der Waals surface area contributed by atoms with Crippen LogP contribution in [-0.2, 0) is 5.41 Å². The van der Waals surface area contributed by atoms with E-state index in [1.807, 2.05) is 6.07 Å². The molecule has 24 heavy (non-hydrogen) atoms. The van der Waals surface area contributed by atoms with Gasteiger partial charge in [-0.15, -0.1) is 0 Å². The number of carbonyl (C=O) groups is 2. The number of aromatic carboxylic acids is 2. The fourth-order valence-electron chi connectivity index (χ4n) is 3.97. The lowest BCUT2D eigenvalue weighted by Crippen LogP contribution is -2.12. The smallest absolute Gasteiger partial charge is 0.336 e. The van der Waals surface area contributed by atoms with Crippen molar-refractivity contribution >= 4 is 11.9 Å². The fourth-order valence-corrected chi connectivity index (χ4v) is 3.97. The number of fused-ring (bicyclic) bond motifs is 1. The lowest BCUT2D eigenvalue weighted by molar-refractivity contribution is 0.0686. The van der Waals surface area contributed by atoms with Gasteiger partial charge in [0.05, 0.1) is 11.1 Å². The van der Waals surface area contributed by atoms with Crippen LogP contribution in [0.3, 0.4) is 0 Å². The molecule has 0 heterocycles. The molecule has 4 nitrogen and oxygen atoms in total. The topological polar surface area (TPSA) is 74.6 Å². The molecule has 2 aromatic carbocycles. The summed E-state index contributed by atoms with van der Waals surface area (Å²) in [6.45, 7) is 6.47. The van der Waals surface area contributed by atoms with E-state index >= 15 is 0 Å². The van der Waals surface area contributed by atoms with E-state index in [-0.39, 0.29) is 22.5 Å². The van der Waals surface area contributed by atoms with Gasteiger partial charge in [0.1, 0.15) is 0 Å². The molecule has 1 aliphatic rings. The SMILES string of the molecule is CC1CC(C)(C)c2ccc(C(=O)O)c(-c3ccc(C(=O)O)cc3)c21. The molecule has 3 rings (SSSR count). The molecule has 0 saturated heterocycles. The van der Waals surface area contributed by atoms with Gasteiger partial charge in [-0.3, -0.25) is 0 Å². The van der Waals surface area contributed by atoms with Crippen molar-refractivity contribution in [1.29, 1.82) is 0 Å². The predicted molar refractivity (Wildman–Crippen MR) is 91.9 cm³/mol. The summed E-state index contributed by atoms with van der Waals surface area (Å²) in [5.41, 5.74) is 4.17. The molecule has 2 N–H and O–H groups in total. The van der Waals surface area contributed by atoms with Gasteiger partial charge < -0.3 is 10.2 Å². The quantitative estimate of drug-likeness (QED) is 0.869. The third kappa shape index (κ3) is 2.48.